The number of nitrogens with zero attached hydrogens (tertiary/aromatic N) is 4. The summed E-state index contributed by atoms with van der Waals surface area (Å²) < 4.78 is 2.20. The molecule has 1 N–H and O–H groups in total. The van der Waals surface area contributed by atoms with Crippen LogP contribution in [-0.4, -0.2) is 31.5 Å². The lowest BCUT2D eigenvalue weighted by atomic mass is 10.1. The van der Waals surface area contributed by atoms with Crippen molar-refractivity contribution in [1.82, 2.24) is 9.58 Å². The first-order valence-electron chi connectivity index (χ1n) is 11.7. The molecule has 0 saturated carbocycles. The number of hydrogen-bond donors (Lipinski definition) is 1. The molecule has 7 heteroatoms. The fourth-order valence-electron chi connectivity index (χ4n) is 4.74. The highest BCUT2D eigenvalue weighted by Crippen LogP contribution is 2.32. The van der Waals surface area contributed by atoms with Crippen molar-refractivity contribution in [2.24, 2.45) is 10.1 Å². The molecule has 3 heterocycles. The topological polar surface area (TPSA) is 73.8 Å². The van der Waals surface area contributed by atoms with Gasteiger partial charge in [0.2, 0.25) is 5.17 Å². The largest absolute Gasteiger partial charge is 0.317 e. The van der Waals surface area contributed by atoms with Gasteiger partial charge in [-0.15, -0.1) is 0 Å². The van der Waals surface area contributed by atoms with E-state index in [1.165, 1.54) is 22.2 Å². The minimum absolute atomic E-state index is 0.0514. The molecule has 2 aliphatic heterocycles. The van der Waals surface area contributed by atoms with Gasteiger partial charge < -0.3 is 4.57 Å². The number of aliphatic imine (C=N–C) groups is 1. The van der Waals surface area contributed by atoms with Crippen LogP contribution in [0.2, 0.25) is 0 Å². The van der Waals surface area contributed by atoms with Crippen LogP contribution in [0.15, 0.2) is 94.5 Å². The Balaban J connectivity index is 1.35. The van der Waals surface area contributed by atoms with Gasteiger partial charge >= 0.3 is 0 Å². The van der Waals surface area contributed by atoms with E-state index < -0.39 is 5.91 Å². The summed E-state index contributed by atoms with van der Waals surface area (Å²) >= 11 is 1.35. The third-order valence-corrected chi connectivity index (χ3v) is 7.38. The van der Waals surface area contributed by atoms with Gasteiger partial charge in [0.25, 0.3) is 5.91 Å². The number of nitrogens with one attached hydrogen (secondary N) is 1. The van der Waals surface area contributed by atoms with Crippen molar-refractivity contribution in [3.8, 4) is 5.69 Å². The van der Waals surface area contributed by atoms with Gasteiger partial charge in [0, 0.05) is 23.2 Å². The first kappa shape index (κ1) is 22.2. The molecule has 0 spiro atoms. The Labute approximate surface area is 213 Å². The van der Waals surface area contributed by atoms with Crippen molar-refractivity contribution in [3.05, 3.63) is 107 Å². The number of benzene rings is 3. The summed E-state index contributed by atoms with van der Waals surface area (Å²) in [4.78, 5) is 17.2. The predicted octanol–water partition coefficient (Wildman–Crippen LogP) is 6.11. The SMILES string of the molecule is Cc1cc(/C=C2\C(=N)N3N=C(Cc4ccccc4)SC3=NC2=O)c(C)n1-c1cccc2ccccc12. The van der Waals surface area contributed by atoms with E-state index >= 15 is 0 Å². The molecule has 3 aromatic carbocycles. The normalized spacial score (nSPS) is 16.5. The molecule has 0 aliphatic carbocycles. The second-order valence-corrected chi connectivity index (χ2v) is 9.88. The van der Waals surface area contributed by atoms with Crippen molar-refractivity contribution < 1.29 is 4.79 Å². The number of fused-ring (bicyclic) bond motifs is 2. The number of rotatable bonds is 4. The van der Waals surface area contributed by atoms with Gasteiger partial charge in [-0.3, -0.25) is 10.2 Å². The Morgan fingerprint density at radius 2 is 1.72 bits per heavy atom. The lowest BCUT2D eigenvalue weighted by Gasteiger charge is -2.20. The summed E-state index contributed by atoms with van der Waals surface area (Å²) in [6.07, 6.45) is 2.40. The van der Waals surface area contributed by atoms with Gasteiger partial charge in [0.1, 0.15) is 5.04 Å². The molecule has 0 bridgehead atoms. The highest BCUT2D eigenvalue weighted by molar-refractivity contribution is 8.26. The highest BCUT2D eigenvalue weighted by Gasteiger charge is 2.35. The second kappa shape index (κ2) is 8.77. The fraction of sp³-hybridized carbons (Fsp3) is 0.103. The Bertz CT molecular complexity index is 1640. The first-order valence-corrected chi connectivity index (χ1v) is 12.5. The van der Waals surface area contributed by atoms with E-state index in [-0.39, 0.29) is 11.4 Å². The summed E-state index contributed by atoms with van der Waals surface area (Å²) in [6.45, 7) is 4.09. The highest BCUT2D eigenvalue weighted by atomic mass is 32.2. The van der Waals surface area contributed by atoms with Crippen molar-refractivity contribution in [1.29, 1.82) is 5.41 Å². The van der Waals surface area contributed by atoms with Crippen LogP contribution in [0.3, 0.4) is 0 Å². The van der Waals surface area contributed by atoms with Gasteiger partial charge in [-0.1, -0.05) is 66.7 Å². The van der Waals surface area contributed by atoms with Crippen molar-refractivity contribution in [3.63, 3.8) is 0 Å². The van der Waals surface area contributed by atoms with Crippen LogP contribution in [0.5, 0.6) is 0 Å². The van der Waals surface area contributed by atoms with Gasteiger partial charge in [0.05, 0.1) is 11.3 Å². The molecular weight excluding hydrogens is 466 g/mol. The van der Waals surface area contributed by atoms with Gasteiger partial charge in [0.15, 0.2) is 5.84 Å². The van der Waals surface area contributed by atoms with Gasteiger partial charge in [-0.2, -0.15) is 15.1 Å². The lowest BCUT2D eigenvalue weighted by molar-refractivity contribution is -0.114. The van der Waals surface area contributed by atoms with E-state index in [0.717, 1.165) is 38.6 Å². The number of amidine groups is 2. The van der Waals surface area contributed by atoms with E-state index in [0.29, 0.717) is 11.6 Å². The molecule has 2 aliphatic rings. The number of hydrogen-bond acceptors (Lipinski definition) is 4. The molecule has 0 unspecified atom stereocenters. The van der Waals surface area contributed by atoms with Crippen LogP contribution in [0.25, 0.3) is 22.5 Å². The number of aryl methyl sites for hydroxylation is 1. The van der Waals surface area contributed by atoms with E-state index in [9.17, 15) is 4.79 Å². The second-order valence-electron chi connectivity index (χ2n) is 8.84. The first-order chi connectivity index (χ1) is 17.5. The summed E-state index contributed by atoms with van der Waals surface area (Å²) in [5, 5.41) is 18.4. The molecule has 1 amide bonds. The van der Waals surface area contributed by atoms with E-state index in [4.69, 9.17) is 5.41 Å². The Morgan fingerprint density at radius 3 is 2.56 bits per heavy atom. The average molecular weight is 490 g/mol. The van der Waals surface area contributed by atoms with Crippen LogP contribution < -0.4 is 0 Å². The quantitative estimate of drug-likeness (QED) is 0.352. The van der Waals surface area contributed by atoms with E-state index in [2.05, 4.69) is 51.9 Å². The fourth-order valence-corrected chi connectivity index (χ4v) is 5.66. The van der Waals surface area contributed by atoms with Crippen LogP contribution in [-0.2, 0) is 11.2 Å². The summed E-state index contributed by atoms with van der Waals surface area (Å²) in [7, 11) is 0. The van der Waals surface area contributed by atoms with Crippen LogP contribution in [0, 0.1) is 19.3 Å². The molecule has 4 aromatic rings. The number of thioether (sulfide) groups is 1. The van der Waals surface area contributed by atoms with E-state index in [1.807, 2.05) is 55.5 Å². The molecule has 6 nitrogen and oxygen atoms in total. The molecular formula is C29H23N5OS. The molecule has 0 radical (unpaired) electrons. The van der Waals surface area contributed by atoms with Crippen LogP contribution in [0.1, 0.15) is 22.5 Å². The molecule has 0 atom stereocenters. The maximum absolute atomic E-state index is 13.0. The monoisotopic (exact) mass is 489 g/mol. The van der Waals surface area contributed by atoms with Crippen molar-refractivity contribution in [2.75, 3.05) is 0 Å². The maximum Gasteiger partial charge on any atom is 0.283 e. The van der Waals surface area contributed by atoms with Crippen LogP contribution >= 0.6 is 11.8 Å². The predicted molar refractivity (Wildman–Crippen MR) is 148 cm³/mol. The number of aromatic nitrogens is 1. The van der Waals surface area contributed by atoms with Gasteiger partial charge in [-0.05, 0) is 60.3 Å². The third-order valence-electron chi connectivity index (χ3n) is 6.47. The van der Waals surface area contributed by atoms with Crippen LogP contribution in [0.4, 0.5) is 0 Å². The molecule has 36 heavy (non-hydrogen) atoms. The Morgan fingerprint density at radius 1 is 0.972 bits per heavy atom. The zero-order valence-corrected chi connectivity index (χ0v) is 20.7. The minimum Gasteiger partial charge on any atom is -0.317 e. The molecule has 0 saturated heterocycles. The Kier molecular flexibility index (Phi) is 5.42. The van der Waals surface area contributed by atoms with Gasteiger partial charge in [-0.25, -0.2) is 0 Å². The molecule has 176 valence electrons. The summed E-state index contributed by atoms with van der Waals surface area (Å²) in [6, 6.07) is 26.6. The Hall–Kier alpha value is -4.23. The molecule has 1 aromatic heterocycles. The standard InChI is InChI=1S/C29H23N5OS/c1-18-15-22(19(2)33(18)25-14-8-12-21-11-6-7-13-23(21)25)17-24-27(30)34-29(31-28(24)35)36-26(32-34)16-20-9-4-3-5-10-20/h3-15,17,30H,16H2,1-2H3/b24-17+,30-27?. The zero-order chi connectivity index (χ0) is 24.8. The number of carbonyl (C=O) groups is 1. The summed E-state index contributed by atoms with van der Waals surface area (Å²) in [5.41, 5.74) is 5.38. The number of amides is 1. The lowest BCUT2D eigenvalue weighted by Crippen LogP contribution is -2.35. The number of hydrazone groups is 1. The summed E-state index contributed by atoms with van der Waals surface area (Å²) in [5.74, 6) is -0.361. The maximum atomic E-state index is 13.0. The van der Waals surface area contributed by atoms with Crippen molar-refractivity contribution >= 4 is 50.6 Å². The van der Waals surface area contributed by atoms with E-state index in [1.54, 1.807) is 6.08 Å². The molecule has 0 fully saturated rings. The smallest absolute Gasteiger partial charge is 0.283 e. The number of carbonyl (C=O) groups excluding carboxylic acids is 1. The zero-order valence-electron chi connectivity index (χ0n) is 19.9. The molecule has 6 rings (SSSR count). The average Bonchev–Trinajstić information content (AvgIpc) is 3.41. The van der Waals surface area contributed by atoms with Crippen molar-refractivity contribution in [2.45, 2.75) is 20.3 Å². The minimum atomic E-state index is -0.412. The third kappa shape index (κ3) is 3.78.